The van der Waals surface area contributed by atoms with E-state index in [9.17, 15) is 4.79 Å². The highest BCUT2D eigenvalue weighted by atomic mass is 16.5. The van der Waals surface area contributed by atoms with Gasteiger partial charge in [0, 0.05) is 37.0 Å². The van der Waals surface area contributed by atoms with Crippen LogP contribution in [0.5, 0.6) is 0 Å². The average molecular weight is 349 g/mol. The summed E-state index contributed by atoms with van der Waals surface area (Å²) in [6, 6.07) is 13.1. The Bertz CT molecular complexity index is 796. The van der Waals surface area contributed by atoms with E-state index in [2.05, 4.69) is 11.9 Å². The highest BCUT2D eigenvalue weighted by molar-refractivity contribution is 5.95. The van der Waals surface area contributed by atoms with Gasteiger partial charge in [0.1, 0.15) is 11.8 Å². The minimum Gasteiger partial charge on any atom is -0.376 e. The van der Waals surface area contributed by atoms with Crippen LogP contribution in [-0.4, -0.2) is 41.6 Å². The van der Waals surface area contributed by atoms with Crippen LogP contribution in [-0.2, 0) is 4.74 Å². The van der Waals surface area contributed by atoms with Gasteiger partial charge in [-0.3, -0.25) is 4.79 Å². The zero-order chi connectivity index (χ0) is 18.4. The maximum atomic E-state index is 12.9. The molecule has 5 nitrogen and oxygen atoms in total. The number of hydrogen-bond donors (Lipinski definition) is 0. The maximum absolute atomic E-state index is 12.9. The van der Waals surface area contributed by atoms with Crippen molar-refractivity contribution in [3.05, 3.63) is 53.9 Å². The third kappa shape index (κ3) is 4.27. The second-order valence-electron chi connectivity index (χ2n) is 6.51. The molecule has 0 bridgehead atoms. The normalized spacial score (nSPS) is 16.9. The van der Waals surface area contributed by atoms with Gasteiger partial charge in [0.25, 0.3) is 5.91 Å². The lowest BCUT2D eigenvalue weighted by Gasteiger charge is -2.32. The summed E-state index contributed by atoms with van der Waals surface area (Å²) in [5, 5.41) is 8.86. The van der Waals surface area contributed by atoms with Crippen LogP contribution in [0, 0.1) is 11.3 Å². The summed E-state index contributed by atoms with van der Waals surface area (Å²) >= 11 is 0. The van der Waals surface area contributed by atoms with Gasteiger partial charge in [-0.15, -0.1) is 0 Å². The van der Waals surface area contributed by atoms with Crippen molar-refractivity contribution >= 4 is 5.91 Å². The van der Waals surface area contributed by atoms with Crippen LogP contribution in [0.1, 0.15) is 42.2 Å². The molecule has 1 aromatic carbocycles. The minimum absolute atomic E-state index is 0.0400. The first-order valence-electron chi connectivity index (χ1n) is 9.08. The fourth-order valence-electron chi connectivity index (χ4n) is 3.19. The number of hydrogen-bond acceptors (Lipinski definition) is 4. The van der Waals surface area contributed by atoms with E-state index in [1.165, 1.54) is 0 Å². The third-order valence-electron chi connectivity index (χ3n) is 4.54. The number of benzene rings is 1. The van der Waals surface area contributed by atoms with E-state index in [0.717, 1.165) is 43.5 Å². The van der Waals surface area contributed by atoms with Crippen molar-refractivity contribution in [3.8, 4) is 17.2 Å². The molecule has 3 rings (SSSR count). The molecule has 1 aliphatic rings. The highest BCUT2D eigenvalue weighted by Gasteiger charge is 2.25. The van der Waals surface area contributed by atoms with E-state index in [-0.39, 0.29) is 12.0 Å². The van der Waals surface area contributed by atoms with E-state index in [1.807, 2.05) is 41.3 Å². The Morgan fingerprint density at radius 2 is 2.23 bits per heavy atom. The van der Waals surface area contributed by atoms with Crippen LogP contribution in [0.3, 0.4) is 0 Å². The molecule has 1 amide bonds. The average Bonchev–Trinajstić information content (AvgIpc) is 2.72. The standard InChI is InChI=1S/C21H23N3O2/c1-2-11-26-20-7-4-10-24(15-20)21(25)17-6-3-5-16(12-17)18-8-9-19(13-22)23-14-18/h3,5-6,8-9,12,14,20H,2,4,7,10-11,15H2,1H3/t20-/m1/s1. The Kier molecular flexibility index (Phi) is 5.98. The molecule has 2 aromatic rings. The molecular weight excluding hydrogens is 326 g/mol. The number of aromatic nitrogens is 1. The smallest absolute Gasteiger partial charge is 0.253 e. The number of likely N-dealkylation sites (tertiary alicyclic amines) is 1. The Hall–Kier alpha value is -2.71. The fourth-order valence-corrected chi connectivity index (χ4v) is 3.19. The van der Waals surface area contributed by atoms with Crippen molar-refractivity contribution < 1.29 is 9.53 Å². The second-order valence-corrected chi connectivity index (χ2v) is 6.51. The number of nitriles is 1. The van der Waals surface area contributed by atoms with Crippen LogP contribution in [0.4, 0.5) is 0 Å². The van der Waals surface area contributed by atoms with E-state index < -0.39 is 0 Å². The molecule has 0 spiro atoms. The second kappa shape index (κ2) is 8.59. The van der Waals surface area contributed by atoms with Crippen LogP contribution in [0.25, 0.3) is 11.1 Å². The highest BCUT2D eigenvalue weighted by Crippen LogP contribution is 2.22. The minimum atomic E-state index is 0.0400. The van der Waals surface area contributed by atoms with Crippen LogP contribution >= 0.6 is 0 Å². The van der Waals surface area contributed by atoms with Gasteiger partial charge in [0.2, 0.25) is 0 Å². The number of piperidine rings is 1. The van der Waals surface area contributed by atoms with Gasteiger partial charge in [0.15, 0.2) is 0 Å². The summed E-state index contributed by atoms with van der Waals surface area (Å²) < 4.78 is 5.83. The summed E-state index contributed by atoms with van der Waals surface area (Å²) in [7, 11) is 0. The van der Waals surface area contributed by atoms with Crippen molar-refractivity contribution in [3.63, 3.8) is 0 Å². The summed E-state index contributed by atoms with van der Waals surface area (Å²) in [5.74, 6) is 0.0400. The van der Waals surface area contributed by atoms with E-state index in [4.69, 9.17) is 10.00 Å². The number of rotatable bonds is 5. The van der Waals surface area contributed by atoms with Crippen LogP contribution in [0.2, 0.25) is 0 Å². The van der Waals surface area contributed by atoms with Gasteiger partial charge in [-0.05, 0) is 49.1 Å². The molecule has 1 aliphatic heterocycles. The molecule has 0 saturated carbocycles. The van der Waals surface area contributed by atoms with Gasteiger partial charge in [0.05, 0.1) is 6.10 Å². The van der Waals surface area contributed by atoms with Crippen LogP contribution < -0.4 is 0 Å². The summed E-state index contributed by atoms with van der Waals surface area (Å²) in [6.07, 6.45) is 4.78. The first kappa shape index (κ1) is 18.1. The van der Waals surface area contributed by atoms with Crippen molar-refractivity contribution in [1.82, 2.24) is 9.88 Å². The topological polar surface area (TPSA) is 66.2 Å². The van der Waals surface area contributed by atoms with Gasteiger partial charge >= 0.3 is 0 Å². The quantitative estimate of drug-likeness (QED) is 0.826. The molecular formula is C21H23N3O2. The molecule has 0 N–H and O–H groups in total. The number of carbonyl (C=O) groups excluding carboxylic acids is 1. The molecule has 1 aromatic heterocycles. The molecule has 0 aliphatic carbocycles. The first-order valence-corrected chi connectivity index (χ1v) is 9.08. The monoisotopic (exact) mass is 349 g/mol. The van der Waals surface area contributed by atoms with Crippen molar-refractivity contribution in [2.24, 2.45) is 0 Å². The van der Waals surface area contributed by atoms with Gasteiger partial charge < -0.3 is 9.64 Å². The Morgan fingerprint density at radius 1 is 1.35 bits per heavy atom. The lowest BCUT2D eigenvalue weighted by atomic mass is 10.0. The predicted octanol–water partition coefficient (Wildman–Crippen LogP) is 3.65. The van der Waals surface area contributed by atoms with Gasteiger partial charge in [-0.25, -0.2) is 4.98 Å². The summed E-state index contributed by atoms with van der Waals surface area (Å²) in [5.41, 5.74) is 2.86. The fraction of sp³-hybridized carbons (Fsp3) is 0.381. The SMILES string of the molecule is CCCO[C@@H]1CCCN(C(=O)c2cccc(-c3ccc(C#N)nc3)c2)C1. The van der Waals surface area contributed by atoms with Gasteiger partial charge in [-0.2, -0.15) is 5.26 Å². The van der Waals surface area contributed by atoms with E-state index >= 15 is 0 Å². The molecule has 2 heterocycles. The Morgan fingerprint density at radius 3 is 2.96 bits per heavy atom. The lowest BCUT2D eigenvalue weighted by Crippen LogP contribution is -2.43. The van der Waals surface area contributed by atoms with Crippen LogP contribution in [0.15, 0.2) is 42.6 Å². The zero-order valence-corrected chi connectivity index (χ0v) is 15.0. The molecule has 5 heteroatoms. The Balaban J connectivity index is 1.74. The summed E-state index contributed by atoms with van der Waals surface area (Å²) in [6.45, 7) is 4.26. The molecule has 0 unspecified atom stereocenters. The zero-order valence-electron chi connectivity index (χ0n) is 15.0. The molecule has 0 radical (unpaired) electrons. The Labute approximate surface area is 154 Å². The molecule has 134 valence electrons. The lowest BCUT2D eigenvalue weighted by molar-refractivity contribution is 0.00211. The van der Waals surface area contributed by atoms with Crippen molar-refractivity contribution in [2.75, 3.05) is 19.7 Å². The molecule has 1 fully saturated rings. The van der Waals surface area contributed by atoms with E-state index in [0.29, 0.717) is 17.8 Å². The maximum Gasteiger partial charge on any atom is 0.253 e. The number of amides is 1. The van der Waals surface area contributed by atoms with Crippen molar-refractivity contribution in [1.29, 1.82) is 5.26 Å². The van der Waals surface area contributed by atoms with E-state index in [1.54, 1.807) is 12.3 Å². The molecule has 26 heavy (non-hydrogen) atoms. The largest absolute Gasteiger partial charge is 0.376 e. The number of nitrogens with zero attached hydrogens (tertiary/aromatic N) is 3. The third-order valence-corrected chi connectivity index (χ3v) is 4.54. The van der Waals surface area contributed by atoms with Crippen molar-refractivity contribution in [2.45, 2.75) is 32.3 Å². The predicted molar refractivity (Wildman–Crippen MR) is 99.6 cm³/mol. The number of pyridine rings is 1. The number of ether oxygens (including phenoxy) is 1. The number of carbonyl (C=O) groups is 1. The molecule has 1 saturated heterocycles. The van der Waals surface area contributed by atoms with Gasteiger partial charge in [-0.1, -0.05) is 19.1 Å². The molecule has 1 atom stereocenters. The first-order chi connectivity index (χ1) is 12.7. The summed E-state index contributed by atoms with van der Waals surface area (Å²) in [4.78, 5) is 18.9.